The number of nitrogens with one attached hydrogen (secondary N) is 1. The average molecular weight is 405 g/mol. The van der Waals surface area contributed by atoms with Crippen LogP contribution in [0.4, 0.5) is 11.5 Å². The Bertz CT molecular complexity index is 893. The van der Waals surface area contributed by atoms with E-state index in [4.69, 9.17) is 9.72 Å². The fourth-order valence-corrected chi connectivity index (χ4v) is 3.74. The maximum atomic E-state index is 5.08. The van der Waals surface area contributed by atoms with Gasteiger partial charge in [0.15, 0.2) is 0 Å². The molecule has 3 aromatic rings. The van der Waals surface area contributed by atoms with Crippen molar-refractivity contribution in [3.63, 3.8) is 0 Å². The third-order valence-electron chi connectivity index (χ3n) is 5.42. The van der Waals surface area contributed by atoms with E-state index in [1.807, 2.05) is 36.8 Å². The molecule has 30 heavy (non-hydrogen) atoms. The molecule has 7 nitrogen and oxygen atoms in total. The lowest BCUT2D eigenvalue weighted by Gasteiger charge is -2.31. The lowest BCUT2D eigenvalue weighted by atomic mass is 9.93. The summed E-state index contributed by atoms with van der Waals surface area (Å²) >= 11 is 0. The van der Waals surface area contributed by atoms with Gasteiger partial charge in [-0.05, 0) is 50.2 Å². The molecule has 0 spiro atoms. The lowest BCUT2D eigenvalue weighted by Crippen LogP contribution is -2.32. The van der Waals surface area contributed by atoms with E-state index >= 15 is 0 Å². The molecular formula is C23H28N6O. The Labute approximate surface area is 177 Å². The highest BCUT2D eigenvalue weighted by molar-refractivity contribution is 5.54. The van der Waals surface area contributed by atoms with E-state index in [9.17, 15) is 0 Å². The fraction of sp³-hybridized carbons (Fsp3) is 0.391. The molecular weight excluding hydrogens is 376 g/mol. The van der Waals surface area contributed by atoms with Gasteiger partial charge in [-0.3, -0.25) is 9.88 Å². The first-order valence-electron chi connectivity index (χ1n) is 10.5. The Balaban J connectivity index is 1.26. The second-order valence-electron chi connectivity index (χ2n) is 7.61. The van der Waals surface area contributed by atoms with Crippen molar-refractivity contribution in [1.82, 2.24) is 24.8 Å². The van der Waals surface area contributed by atoms with Gasteiger partial charge in [-0.2, -0.15) is 0 Å². The zero-order chi connectivity index (χ0) is 20.6. The molecule has 4 rings (SSSR count). The van der Waals surface area contributed by atoms with Crippen LogP contribution >= 0.6 is 0 Å². The molecule has 1 aliphatic rings. The van der Waals surface area contributed by atoms with Gasteiger partial charge in [-0.1, -0.05) is 6.07 Å². The van der Waals surface area contributed by atoms with Crippen molar-refractivity contribution >= 4 is 11.5 Å². The number of pyridine rings is 2. The van der Waals surface area contributed by atoms with Crippen LogP contribution in [-0.2, 0) is 17.7 Å². The topological polar surface area (TPSA) is 76.1 Å². The molecule has 0 saturated carbocycles. The van der Waals surface area contributed by atoms with Gasteiger partial charge in [-0.15, -0.1) is 0 Å². The Morgan fingerprint density at radius 1 is 1.00 bits per heavy atom. The van der Waals surface area contributed by atoms with Crippen molar-refractivity contribution in [3.8, 4) is 0 Å². The molecule has 0 aromatic carbocycles. The van der Waals surface area contributed by atoms with E-state index in [2.05, 4.69) is 37.3 Å². The summed E-state index contributed by atoms with van der Waals surface area (Å²) in [6.45, 7) is 3.68. The SMILES string of the molecule is COCCc1ncc(CN2CCC(c3ccc(Nc4ccccn4)cn3)CC2)cn1. The maximum Gasteiger partial charge on any atom is 0.130 e. The summed E-state index contributed by atoms with van der Waals surface area (Å²) in [5, 5.41) is 3.28. The molecule has 0 unspecified atom stereocenters. The van der Waals surface area contributed by atoms with Gasteiger partial charge in [0, 0.05) is 55.8 Å². The summed E-state index contributed by atoms with van der Waals surface area (Å²) in [5.74, 6) is 2.18. The van der Waals surface area contributed by atoms with Gasteiger partial charge in [0.2, 0.25) is 0 Å². The number of aromatic nitrogens is 4. The second-order valence-corrected chi connectivity index (χ2v) is 7.61. The number of ether oxygens (including phenoxy) is 1. The van der Waals surface area contributed by atoms with Crippen LogP contribution in [0.15, 0.2) is 55.1 Å². The average Bonchev–Trinajstić information content (AvgIpc) is 2.80. The Morgan fingerprint density at radius 3 is 2.50 bits per heavy atom. The first kappa shape index (κ1) is 20.4. The first-order valence-corrected chi connectivity index (χ1v) is 10.5. The molecule has 3 aromatic heterocycles. The smallest absolute Gasteiger partial charge is 0.130 e. The van der Waals surface area contributed by atoms with E-state index < -0.39 is 0 Å². The van der Waals surface area contributed by atoms with Gasteiger partial charge < -0.3 is 10.1 Å². The monoisotopic (exact) mass is 404 g/mol. The minimum Gasteiger partial charge on any atom is -0.384 e. The third-order valence-corrected chi connectivity index (χ3v) is 5.42. The number of nitrogens with zero attached hydrogens (tertiary/aromatic N) is 5. The molecule has 7 heteroatoms. The number of likely N-dealkylation sites (tertiary alicyclic amines) is 1. The van der Waals surface area contributed by atoms with Crippen LogP contribution in [0, 0.1) is 0 Å². The van der Waals surface area contributed by atoms with Crippen LogP contribution in [0.2, 0.25) is 0 Å². The summed E-state index contributed by atoms with van der Waals surface area (Å²) in [4.78, 5) is 20.4. The molecule has 4 heterocycles. The quantitative estimate of drug-likeness (QED) is 0.615. The van der Waals surface area contributed by atoms with Gasteiger partial charge in [0.05, 0.1) is 18.5 Å². The molecule has 1 fully saturated rings. The number of methoxy groups -OCH3 is 1. The zero-order valence-electron chi connectivity index (χ0n) is 17.4. The predicted octanol–water partition coefficient (Wildman–Crippen LogP) is 3.58. The molecule has 1 aliphatic heterocycles. The maximum absolute atomic E-state index is 5.08. The number of hydrogen-bond acceptors (Lipinski definition) is 7. The molecule has 0 atom stereocenters. The van der Waals surface area contributed by atoms with Crippen molar-refractivity contribution in [3.05, 3.63) is 72.2 Å². The summed E-state index contributed by atoms with van der Waals surface area (Å²) in [6.07, 6.45) is 10.6. The molecule has 0 bridgehead atoms. The van der Waals surface area contributed by atoms with Crippen molar-refractivity contribution in [2.45, 2.75) is 31.7 Å². The normalized spacial score (nSPS) is 15.2. The van der Waals surface area contributed by atoms with Crippen molar-refractivity contribution < 1.29 is 4.74 Å². The zero-order valence-corrected chi connectivity index (χ0v) is 17.4. The van der Waals surface area contributed by atoms with E-state index in [1.54, 1.807) is 13.3 Å². The van der Waals surface area contributed by atoms with Crippen molar-refractivity contribution in [2.24, 2.45) is 0 Å². The predicted molar refractivity (Wildman–Crippen MR) is 117 cm³/mol. The standard InChI is InChI=1S/C23H28N6O/c1-30-13-9-22-26-14-18(15-27-22)17-29-11-7-19(8-12-29)21-6-5-20(16-25-21)28-23-4-2-3-10-24-23/h2-6,10,14-16,19H,7-9,11-13,17H2,1H3,(H,24,28). The fourth-order valence-electron chi connectivity index (χ4n) is 3.74. The summed E-state index contributed by atoms with van der Waals surface area (Å²) < 4.78 is 5.08. The van der Waals surface area contributed by atoms with Gasteiger partial charge in [0.1, 0.15) is 11.6 Å². The molecule has 0 amide bonds. The second kappa shape index (κ2) is 10.2. The van der Waals surface area contributed by atoms with Crippen LogP contribution in [0.25, 0.3) is 0 Å². The highest BCUT2D eigenvalue weighted by atomic mass is 16.5. The van der Waals surface area contributed by atoms with Crippen LogP contribution in [0.1, 0.15) is 35.8 Å². The number of hydrogen-bond donors (Lipinski definition) is 1. The minimum atomic E-state index is 0.512. The van der Waals surface area contributed by atoms with Crippen LogP contribution in [0.3, 0.4) is 0 Å². The van der Waals surface area contributed by atoms with Gasteiger partial charge >= 0.3 is 0 Å². The minimum absolute atomic E-state index is 0.512. The Kier molecular flexibility index (Phi) is 6.95. The summed E-state index contributed by atoms with van der Waals surface area (Å²) in [6, 6.07) is 10.0. The van der Waals surface area contributed by atoms with Crippen LogP contribution < -0.4 is 5.32 Å². The summed E-state index contributed by atoms with van der Waals surface area (Å²) in [5.41, 5.74) is 3.30. The molecule has 0 aliphatic carbocycles. The van der Waals surface area contributed by atoms with E-state index in [1.165, 1.54) is 5.69 Å². The van der Waals surface area contributed by atoms with Crippen LogP contribution in [0.5, 0.6) is 0 Å². The van der Waals surface area contributed by atoms with E-state index in [0.29, 0.717) is 12.5 Å². The molecule has 0 radical (unpaired) electrons. The van der Waals surface area contributed by atoms with Crippen molar-refractivity contribution in [1.29, 1.82) is 0 Å². The molecule has 1 N–H and O–H groups in total. The van der Waals surface area contributed by atoms with Crippen molar-refractivity contribution in [2.75, 3.05) is 32.1 Å². The number of piperidine rings is 1. The van der Waals surface area contributed by atoms with Gasteiger partial charge in [0.25, 0.3) is 0 Å². The van der Waals surface area contributed by atoms with E-state index in [-0.39, 0.29) is 0 Å². The summed E-state index contributed by atoms with van der Waals surface area (Å²) in [7, 11) is 1.70. The highest BCUT2D eigenvalue weighted by Crippen LogP contribution is 2.28. The number of rotatable bonds is 8. The van der Waals surface area contributed by atoms with Crippen LogP contribution in [-0.4, -0.2) is 51.6 Å². The number of anilines is 2. The lowest BCUT2D eigenvalue weighted by molar-refractivity contribution is 0.199. The Morgan fingerprint density at radius 2 is 1.83 bits per heavy atom. The van der Waals surface area contributed by atoms with Gasteiger partial charge in [-0.25, -0.2) is 15.0 Å². The molecule has 1 saturated heterocycles. The first-order chi connectivity index (χ1) is 14.8. The Hall–Kier alpha value is -2.90. The highest BCUT2D eigenvalue weighted by Gasteiger charge is 2.21. The largest absolute Gasteiger partial charge is 0.384 e. The third kappa shape index (κ3) is 5.58. The molecule has 156 valence electrons. The van der Waals surface area contributed by atoms with E-state index in [0.717, 1.165) is 61.8 Å².